The summed E-state index contributed by atoms with van der Waals surface area (Å²) in [7, 11) is 0. The number of carbonyl (C=O) groups excluding carboxylic acids is 1. The van der Waals surface area contributed by atoms with Gasteiger partial charge in [0.2, 0.25) is 0 Å². The second-order valence-corrected chi connectivity index (χ2v) is 4.05. The van der Waals surface area contributed by atoms with Gasteiger partial charge in [-0.1, -0.05) is 0 Å². The maximum Gasteiger partial charge on any atom is 0.415 e. The molecule has 8 nitrogen and oxygen atoms in total. The molecule has 0 rings (SSSR count). The lowest BCUT2D eigenvalue weighted by Crippen LogP contribution is -2.42. The Morgan fingerprint density at radius 3 is 2.25 bits per heavy atom. The molecule has 0 aliphatic rings. The van der Waals surface area contributed by atoms with Crippen molar-refractivity contribution in [3.63, 3.8) is 0 Å². The van der Waals surface area contributed by atoms with Crippen LogP contribution in [0.25, 0.3) is 0 Å². The number of amides is 1. The minimum absolute atomic E-state index is 0.508. The minimum Gasteiger partial charge on any atom is -0.480 e. The maximum absolute atomic E-state index is 11.4. The molecule has 92 valence electrons. The molecule has 0 aromatic heterocycles. The number of nitrogens with zero attached hydrogens (tertiary/aromatic N) is 2. The van der Waals surface area contributed by atoms with Crippen molar-refractivity contribution in [1.82, 2.24) is 4.90 Å². The van der Waals surface area contributed by atoms with Crippen LogP contribution in [0.4, 0.5) is 4.79 Å². The molecule has 0 saturated carbocycles. The first kappa shape index (κ1) is 14.1. The van der Waals surface area contributed by atoms with Crippen LogP contribution in [0.3, 0.4) is 0 Å². The third kappa shape index (κ3) is 6.57. The zero-order valence-electron chi connectivity index (χ0n) is 9.30. The number of carbonyl (C=O) groups is 2. The minimum atomic E-state index is -1.34. The van der Waals surface area contributed by atoms with Gasteiger partial charge in [-0.2, -0.15) is 0 Å². The lowest BCUT2D eigenvalue weighted by atomic mass is 10.2. The molecule has 1 N–H and O–H groups in total. The summed E-state index contributed by atoms with van der Waals surface area (Å²) in [4.78, 5) is 31.7. The smallest absolute Gasteiger partial charge is 0.415 e. The third-order valence-electron chi connectivity index (χ3n) is 1.26. The second-order valence-electron chi connectivity index (χ2n) is 4.05. The average molecular weight is 234 g/mol. The average Bonchev–Trinajstić information content (AvgIpc) is 1.97. The van der Waals surface area contributed by atoms with Crippen LogP contribution in [-0.4, -0.2) is 45.8 Å². The van der Waals surface area contributed by atoms with Crippen LogP contribution in [0.2, 0.25) is 0 Å². The molecule has 1 amide bonds. The van der Waals surface area contributed by atoms with Crippen LogP contribution in [-0.2, 0) is 9.53 Å². The van der Waals surface area contributed by atoms with Crippen LogP contribution >= 0.6 is 0 Å². The Bertz CT molecular complexity index is 279. The van der Waals surface area contributed by atoms with Crippen molar-refractivity contribution in [3.05, 3.63) is 10.1 Å². The van der Waals surface area contributed by atoms with Crippen LogP contribution in [0.5, 0.6) is 0 Å². The highest BCUT2D eigenvalue weighted by Crippen LogP contribution is 2.09. The monoisotopic (exact) mass is 234 g/mol. The van der Waals surface area contributed by atoms with Crippen molar-refractivity contribution in [1.29, 1.82) is 0 Å². The van der Waals surface area contributed by atoms with Gasteiger partial charge in [0.1, 0.15) is 12.1 Å². The Balaban J connectivity index is 4.56. The molecule has 0 saturated heterocycles. The summed E-state index contributed by atoms with van der Waals surface area (Å²) in [5, 5.41) is 18.7. The van der Waals surface area contributed by atoms with E-state index in [9.17, 15) is 19.7 Å². The van der Waals surface area contributed by atoms with Gasteiger partial charge >= 0.3 is 12.1 Å². The number of ether oxygens (including phenoxy) is 1. The van der Waals surface area contributed by atoms with Crippen molar-refractivity contribution in [2.75, 3.05) is 13.2 Å². The largest absolute Gasteiger partial charge is 0.480 e. The van der Waals surface area contributed by atoms with Crippen LogP contribution in [0.1, 0.15) is 20.8 Å². The highest BCUT2D eigenvalue weighted by Gasteiger charge is 2.26. The van der Waals surface area contributed by atoms with Gasteiger partial charge in [-0.25, -0.2) is 9.69 Å². The van der Waals surface area contributed by atoms with Gasteiger partial charge < -0.3 is 9.84 Å². The zero-order valence-corrected chi connectivity index (χ0v) is 9.30. The van der Waals surface area contributed by atoms with Crippen molar-refractivity contribution in [3.8, 4) is 0 Å². The summed E-state index contributed by atoms with van der Waals surface area (Å²) in [5.41, 5.74) is -0.829. The maximum atomic E-state index is 11.4. The second kappa shape index (κ2) is 5.29. The number of carboxylic acids is 1. The molecule has 0 aliphatic heterocycles. The Labute approximate surface area is 91.9 Å². The first-order valence-corrected chi connectivity index (χ1v) is 4.43. The van der Waals surface area contributed by atoms with Gasteiger partial charge in [-0.05, 0) is 20.8 Å². The van der Waals surface area contributed by atoms with Crippen molar-refractivity contribution in [2.24, 2.45) is 0 Å². The first-order chi connectivity index (χ1) is 7.11. The predicted molar refractivity (Wildman–Crippen MR) is 52.4 cm³/mol. The quantitative estimate of drug-likeness (QED) is 0.432. The van der Waals surface area contributed by atoms with Gasteiger partial charge in [0.05, 0.1) is 0 Å². The lowest BCUT2D eigenvalue weighted by Gasteiger charge is -2.23. The fourth-order valence-electron chi connectivity index (χ4n) is 0.801. The standard InChI is InChI=1S/C8H14N2O6/c1-8(2,3)16-7(13)9(4-6(11)12)5-10(14)15/h4-5H2,1-3H3,(H,11,12). The molecule has 0 radical (unpaired) electrons. The van der Waals surface area contributed by atoms with Gasteiger partial charge in [0.15, 0.2) is 0 Å². The van der Waals surface area contributed by atoms with Crippen LogP contribution in [0.15, 0.2) is 0 Å². The number of hydrogen-bond acceptors (Lipinski definition) is 5. The molecule has 0 fully saturated rings. The summed E-state index contributed by atoms with van der Waals surface area (Å²) >= 11 is 0. The van der Waals surface area contributed by atoms with Gasteiger partial charge in [0.25, 0.3) is 6.67 Å². The summed E-state index contributed by atoms with van der Waals surface area (Å²) in [5.74, 6) is -1.34. The molecule has 0 aliphatic carbocycles. The van der Waals surface area contributed by atoms with Crippen LogP contribution in [0, 0.1) is 10.1 Å². The molecule has 8 heteroatoms. The Morgan fingerprint density at radius 2 is 1.94 bits per heavy atom. The molecular formula is C8H14N2O6. The van der Waals surface area contributed by atoms with E-state index in [4.69, 9.17) is 9.84 Å². The summed E-state index contributed by atoms with van der Waals surface area (Å²) < 4.78 is 4.82. The van der Waals surface area contributed by atoms with E-state index in [1.54, 1.807) is 20.8 Å². The van der Waals surface area contributed by atoms with E-state index < -0.39 is 35.8 Å². The van der Waals surface area contributed by atoms with Crippen LogP contribution < -0.4 is 0 Å². The van der Waals surface area contributed by atoms with E-state index in [1.807, 2.05) is 0 Å². The van der Waals surface area contributed by atoms with E-state index in [0.29, 0.717) is 4.90 Å². The predicted octanol–water partition coefficient (Wildman–Crippen LogP) is 0.542. The summed E-state index contributed by atoms with van der Waals surface area (Å²) in [6, 6.07) is 0. The molecule has 0 spiro atoms. The normalized spacial score (nSPS) is 10.7. The van der Waals surface area contributed by atoms with Crippen molar-refractivity contribution in [2.45, 2.75) is 26.4 Å². The molecule has 0 unspecified atom stereocenters. The van der Waals surface area contributed by atoms with Gasteiger partial charge in [-0.15, -0.1) is 0 Å². The van der Waals surface area contributed by atoms with E-state index in [-0.39, 0.29) is 0 Å². The topological polar surface area (TPSA) is 110 Å². The third-order valence-corrected chi connectivity index (χ3v) is 1.26. The van der Waals surface area contributed by atoms with E-state index >= 15 is 0 Å². The molecule has 0 bridgehead atoms. The number of rotatable bonds is 4. The Hall–Kier alpha value is -1.86. The summed E-state index contributed by atoms with van der Waals surface area (Å²) in [6.45, 7) is 3.07. The van der Waals surface area contributed by atoms with E-state index in [1.165, 1.54) is 0 Å². The molecule has 16 heavy (non-hydrogen) atoms. The number of hydrogen-bond donors (Lipinski definition) is 1. The molecule has 0 atom stereocenters. The first-order valence-electron chi connectivity index (χ1n) is 4.43. The fraction of sp³-hybridized carbons (Fsp3) is 0.750. The SMILES string of the molecule is CC(C)(C)OC(=O)N(CC(=O)O)C[N+](=O)[O-]. The molecule has 0 heterocycles. The lowest BCUT2D eigenvalue weighted by molar-refractivity contribution is -0.500. The van der Waals surface area contributed by atoms with E-state index in [2.05, 4.69) is 0 Å². The highest BCUT2D eigenvalue weighted by atomic mass is 16.6. The molecule has 0 aromatic carbocycles. The van der Waals surface area contributed by atoms with Gasteiger partial charge in [-0.3, -0.25) is 14.9 Å². The molecule has 0 aromatic rings. The van der Waals surface area contributed by atoms with Crippen molar-refractivity contribution >= 4 is 12.1 Å². The van der Waals surface area contributed by atoms with Crippen molar-refractivity contribution < 1.29 is 24.4 Å². The Morgan fingerprint density at radius 1 is 1.44 bits per heavy atom. The zero-order chi connectivity index (χ0) is 12.9. The van der Waals surface area contributed by atoms with E-state index in [0.717, 1.165) is 0 Å². The Kier molecular flexibility index (Phi) is 4.67. The van der Waals surface area contributed by atoms with Gasteiger partial charge in [0, 0.05) is 4.92 Å². The molecular weight excluding hydrogens is 220 g/mol. The highest BCUT2D eigenvalue weighted by molar-refractivity contribution is 5.76. The fourth-order valence-corrected chi connectivity index (χ4v) is 0.801. The number of aliphatic carboxylic acids is 1. The number of carboxylic acid groups (broad SMARTS) is 1. The summed E-state index contributed by atoms with van der Waals surface area (Å²) in [6.07, 6.45) is -1.02. The number of nitro groups is 1.